The van der Waals surface area contributed by atoms with Crippen LogP contribution in [-0.2, 0) is 17.3 Å². The van der Waals surface area contributed by atoms with E-state index in [-0.39, 0.29) is 5.69 Å². The minimum absolute atomic E-state index is 0.123. The van der Waals surface area contributed by atoms with Crippen molar-refractivity contribution < 1.29 is 31.9 Å². The van der Waals surface area contributed by atoms with Gasteiger partial charge in [-0.3, -0.25) is 9.59 Å². The number of carbonyl (C=O) groups is 1. The first-order valence-corrected chi connectivity index (χ1v) is 8.70. The van der Waals surface area contributed by atoms with E-state index in [2.05, 4.69) is 4.98 Å². The first kappa shape index (κ1) is 20.0. The van der Waals surface area contributed by atoms with Crippen LogP contribution in [0, 0.1) is 0 Å². The zero-order chi connectivity index (χ0) is 21.8. The number of aromatic amines is 1. The average molecular weight is 424 g/mol. The number of nitrogens with zero attached hydrogens (tertiary/aromatic N) is 1. The molecule has 3 aromatic rings. The molecule has 0 radical (unpaired) electrons. The third kappa shape index (κ3) is 3.04. The molecule has 0 aliphatic carbocycles. The zero-order valence-corrected chi connectivity index (χ0v) is 15.0. The highest BCUT2D eigenvalue weighted by atomic mass is 19.4. The van der Waals surface area contributed by atoms with Crippen LogP contribution in [0.4, 0.5) is 27.6 Å². The van der Waals surface area contributed by atoms with E-state index in [1.54, 1.807) is 24.3 Å². The summed E-state index contributed by atoms with van der Waals surface area (Å²) in [5.74, 6) is -6.01. The Bertz CT molecular complexity index is 1220. The lowest BCUT2D eigenvalue weighted by Crippen LogP contribution is -2.35. The number of hydrogen-bond acceptors (Lipinski definition) is 3. The molecule has 156 valence electrons. The van der Waals surface area contributed by atoms with Crippen molar-refractivity contribution in [2.24, 2.45) is 0 Å². The van der Waals surface area contributed by atoms with Crippen molar-refractivity contribution in [2.75, 3.05) is 4.90 Å². The van der Waals surface area contributed by atoms with Gasteiger partial charge in [-0.1, -0.05) is 30.3 Å². The van der Waals surface area contributed by atoms with Gasteiger partial charge in [-0.25, -0.2) is 0 Å². The molecule has 0 unspecified atom stereocenters. The summed E-state index contributed by atoms with van der Waals surface area (Å²) in [6.45, 7) is -0.493. The number of hydrogen-bond donors (Lipinski definition) is 2. The normalized spacial score (nSPS) is 16.7. The summed E-state index contributed by atoms with van der Waals surface area (Å²) in [5, 5.41) is 10.4. The standard InChI is InChI=1S/C20H13F5N2O3/c21-19(22)15-13(16(28)20(23,24)25)6-3-7-14(15)27(18(19)30)9-11-8-10-4-1-2-5-12(10)17(29)26-11/h1-8,16,28H,9H2,(H,26,29)/t16-/m1/s1. The maximum Gasteiger partial charge on any atom is 0.418 e. The fourth-order valence-electron chi connectivity index (χ4n) is 3.59. The molecule has 1 aromatic heterocycles. The van der Waals surface area contributed by atoms with Crippen LogP contribution in [0.3, 0.4) is 0 Å². The molecular formula is C20H13F5N2O3. The van der Waals surface area contributed by atoms with Crippen LogP contribution in [0.2, 0.25) is 0 Å². The minimum Gasteiger partial charge on any atom is -0.379 e. The number of fused-ring (bicyclic) bond motifs is 2. The van der Waals surface area contributed by atoms with E-state index in [1.807, 2.05) is 0 Å². The predicted molar refractivity (Wildman–Crippen MR) is 97.1 cm³/mol. The highest BCUT2D eigenvalue weighted by molar-refractivity contribution is 6.06. The Labute approximate surface area is 165 Å². The molecule has 1 atom stereocenters. The number of benzene rings is 2. The number of carbonyl (C=O) groups excluding carboxylic acids is 1. The van der Waals surface area contributed by atoms with Gasteiger partial charge in [0.2, 0.25) is 0 Å². The topological polar surface area (TPSA) is 73.4 Å². The molecule has 10 heteroatoms. The minimum atomic E-state index is -5.19. The van der Waals surface area contributed by atoms with Crippen LogP contribution >= 0.6 is 0 Å². The second-order valence-corrected chi connectivity index (χ2v) is 6.86. The van der Waals surface area contributed by atoms with Crippen LogP contribution in [0.25, 0.3) is 10.8 Å². The molecule has 0 saturated heterocycles. The van der Waals surface area contributed by atoms with Crippen LogP contribution in [0.1, 0.15) is 22.9 Å². The molecule has 1 aliphatic heterocycles. The summed E-state index contributed by atoms with van der Waals surface area (Å²) >= 11 is 0. The Kier molecular flexibility index (Phi) is 4.42. The van der Waals surface area contributed by atoms with Gasteiger partial charge in [0.05, 0.1) is 17.8 Å². The van der Waals surface area contributed by atoms with E-state index in [0.717, 1.165) is 12.1 Å². The Morgan fingerprint density at radius 3 is 2.47 bits per heavy atom. The van der Waals surface area contributed by atoms with Crippen LogP contribution in [0.5, 0.6) is 0 Å². The largest absolute Gasteiger partial charge is 0.418 e. The summed E-state index contributed by atoms with van der Waals surface area (Å²) < 4.78 is 68.2. The number of rotatable bonds is 3. The fraction of sp³-hybridized carbons (Fsp3) is 0.200. The smallest absolute Gasteiger partial charge is 0.379 e. The summed E-state index contributed by atoms with van der Waals surface area (Å²) in [6.07, 6.45) is -8.36. The van der Waals surface area contributed by atoms with Gasteiger partial charge in [0, 0.05) is 16.6 Å². The fourth-order valence-corrected chi connectivity index (χ4v) is 3.59. The molecule has 1 amide bonds. The molecule has 2 aromatic carbocycles. The van der Waals surface area contributed by atoms with E-state index in [0.29, 0.717) is 21.7 Å². The molecule has 0 bridgehead atoms. The van der Waals surface area contributed by atoms with Gasteiger partial charge in [0.25, 0.3) is 5.56 Å². The maximum atomic E-state index is 14.7. The predicted octanol–water partition coefficient (Wildman–Crippen LogP) is 3.76. The lowest BCUT2D eigenvalue weighted by molar-refractivity contribution is -0.207. The highest BCUT2D eigenvalue weighted by Gasteiger charge is 2.56. The van der Waals surface area contributed by atoms with Crippen LogP contribution in [-0.4, -0.2) is 22.2 Å². The summed E-state index contributed by atoms with van der Waals surface area (Å²) in [4.78, 5) is 27.7. The molecule has 1 aliphatic rings. The van der Waals surface area contributed by atoms with E-state index in [1.165, 1.54) is 6.07 Å². The van der Waals surface area contributed by atoms with E-state index in [4.69, 9.17) is 0 Å². The number of aromatic nitrogens is 1. The summed E-state index contributed by atoms with van der Waals surface area (Å²) in [5.41, 5.74) is -3.11. The van der Waals surface area contributed by atoms with E-state index >= 15 is 0 Å². The van der Waals surface area contributed by atoms with Gasteiger partial charge in [-0.05, 0) is 23.6 Å². The van der Waals surface area contributed by atoms with Crippen molar-refractivity contribution in [2.45, 2.75) is 24.7 Å². The number of anilines is 1. The van der Waals surface area contributed by atoms with E-state index < -0.39 is 53.0 Å². The van der Waals surface area contributed by atoms with E-state index in [9.17, 15) is 36.6 Å². The van der Waals surface area contributed by atoms with Crippen molar-refractivity contribution >= 4 is 22.4 Å². The molecule has 2 N–H and O–H groups in total. The number of nitrogens with one attached hydrogen (secondary N) is 1. The van der Waals surface area contributed by atoms with Gasteiger partial charge in [0.1, 0.15) is 0 Å². The first-order chi connectivity index (χ1) is 14.0. The average Bonchev–Trinajstić information content (AvgIpc) is 2.88. The first-order valence-electron chi connectivity index (χ1n) is 8.70. The Morgan fingerprint density at radius 1 is 1.07 bits per heavy atom. The second-order valence-electron chi connectivity index (χ2n) is 6.86. The molecule has 30 heavy (non-hydrogen) atoms. The Hall–Kier alpha value is -3.27. The van der Waals surface area contributed by atoms with Gasteiger partial charge in [-0.2, -0.15) is 22.0 Å². The molecule has 5 nitrogen and oxygen atoms in total. The molecule has 0 fully saturated rings. The third-order valence-corrected chi connectivity index (χ3v) is 4.94. The second kappa shape index (κ2) is 6.63. The monoisotopic (exact) mass is 424 g/mol. The van der Waals surface area contributed by atoms with Crippen molar-refractivity contribution in [1.29, 1.82) is 0 Å². The molecule has 4 rings (SSSR count). The summed E-state index contributed by atoms with van der Waals surface area (Å²) in [6, 6.07) is 10.8. The van der Waals surface area contributed by atoms with Crippen molar-refractivity contribution in [3.8, 4) is 0 Å². The Balaban J connectivity index is 1.81. The van der Waals surface area contributed by atoms with Crippen LogP contribution < -0.4 is 10.5 Å². The number of alkyl halides is 5. The van der Waals surface area contributed by atoms with Crippen molar-refractivity contribution in [3.63, 3.8) is 0 Å². The van der Waals surface area contributed by atoms with Crippen molar-refractivity contribution in [1.82, 2.24) is 4.98 Å². The van der Waals surface area contributed by atoms with Gasteiger partial charge in [-0.15, -0.1) is 0 Å². The lowest BCUT2D eigenvalue weighted by atomic mass is 9.97. The number of aliphatic hydroxyl groups excluding tert-OH is 1. The molecular weight excluding hydrogens is 411 g/mol. The maximum absolute atomic E-state index is 14.7. The molecule has 0 saturated carbocycles. The molecule has 0 spiro atoms. The highest BCUT2D eigenvalue weighted by Crippen LogP contribution is 2.49. The van der Waals surface area contributed by atoms with Gasteiger partial charge >= 0.3 is 18.0 Å². The number of aliphatic hydroxyl groups is 1. The third-order valence-electron chi connectivity index (χ3n) is 4.94. The number of halogens is 5. The number of amides is 1. The number of H-pyrrole nitrogens is 1. The van der Waals surface area contributed by atoms with Crippen LogP contribution in [0.15, 0.2) is 53.3 Å². The van der Waals surface area contributed by atoms with Crippen molar-refractivity contribution in [3.05, 3.63) is 75.7 Å². The SMILES string of the molecule is O=C1N(Cc2cc3ccccc3c(=O)[nH]2)c2cccc([C@@H](O)C(F)(F)F)c2C1(F)F. The summed E-state index contributed by atoms with van der Waals surface area (Å²) in [7, 11) is 0. The van der Waals surface area contributed by atoms with Gasteiger partial charge < -0.3 is 15.0 Å². The Morgan fingerprint density at radius 2 is 1.77 bits per heavy atom. The lowest BCUT2D eigenvalue weighted by Gasteiger charge is -2.20. The quantitative estimate of drug-likeness (QED) is 0.629. The molecule has 2 heterocycles. The number of pyridine rings is 1. The zero-order valence-electron chi connectivity index (χ0n) is 15.0. The van der Waals surface area contributed by atoms with Gasteiger partial charge in [0.15, 0.2) is 6.10 Å².